The minimum Gasteiger partial charge on any atom is -0.466 e. The molecule has 0 aliphatic rings. The van der Waals surface area contributed by atoms with Crippen molar-refractivity contribution in [1.82, 2.24) is 0 Å². The quantitative estimate of drug-likeness (QED) is 0.501. The van der Waals surface area contributed by atoms with E-state index >= 15 is 0 Å². The molecule has 0 amide bonds. The van der Waals surface area contributed by atoms with E-state index in [1.54, 1.807) is 27.7 Å². The summed E-state index contributed by atoms with van der Waals surface area (Å²) in [6.07, 6.45) is -0.103. The molecule has 0 bridgehead atoms. The number of ketones is 1. The molecule has 0 saturated carbocycles. The summed E-state index contributed by atoms with van der Waals surface area (Å²) in [7, 11) is 0. The monoisotopic (exact) mass is 358 g/mol. The zero-order valence-electron chi connectivity index (χ0n) is 12.6. The molecule has 0 aromatic rings. The minimum atomic E-state index is -0.440. The number of hydrogen-bond acceptors (Lipinski definition) is 6. The summed E-state index contributed by atoms with van der Waals surface area (Å²) >= 11 is 0. The molecule has 6 nitrogen and oxygen atoms in total. The molecule has 0 heterocycles. The topological polar surface area (TPSA) is 104 Å². The van der Waals surface area contributed by atoms with Crippen LogP contribution in [0.3, 0.4) is 0 Å². The summed E-state index contributed by atoms with van der Waals surface area (Å²) in [6, 6.07) is 0. The first-order valence-corrected chi connectivity index (χ1v) is 5.89. The van der Waals surface area contributed by atoms with E-state index in [-0.39, 0.29) is 58.2 Å². The molecule has 0 aromatic heterocycles. The third-order valence-electron chi connectivity index (χ3n) is 0.699. The van der Waals surface area contributed by atoms with Crippen molar-refractivity contribution < 1.29 is 55.8 Å². The van der Waals surface area contributed by atoms with Crippen molar-refractivity contribution in [2.45, 2.75) is 41.0 Å². The van der Waals surface area contributed by atoms with Gasteiger partial charge in [0.05, 0.1) is 6.61 Å². The van der Waals surface area contributed by atoms with Gasteiger partial charge in [-0.15, -0.1) is 0 Å². The summed E-state index contributed by atoms with van der Waals surface area (Å²) in [5.41, 5.74) is 0. The number of aliphatic hydroxyl groups excluding tert-OH is 3. The molecule has 0 aromatic carbocycles. The Morgan fingerprint density at radius 3 is 1.32 bits per heavy atom. The molecule has 0 radical (unpaired) electrons. The Morgan fingerprint density at radius 1 is 0.895 bits per heavy atom. The van der Waals surface area contributed by atoms with Crippen molar-refractivity contribution in [2.75, 3.05) is 26.4 Å². The first-order chi connectivity index (χ1) is 8.41. The summed E-state index contributed by atoms with van der Waals surface area (Å²) < 4.78 is 4.49. The fraction of sp³-hybridized carbons (Fsp3) is 0.833. The van der Waals surface area contributed by atoms with Gasteiger partial charge in [-0.05, 0) is 34.6 Å². The van der Waals surface area contributed by atoms with Crippen molar-refractivity contribution in [1.29, 1.82) is 0 Å². The normalized spacial score (nSPS) is 6.95. The van der Waals surface area contributed by atoms with Gasteiger partial charge in [-0.1, -0.05) is 0 Å². The molecular weight excluding hydrogens is 331 g/mol. The van der Waals surface area contributed by atoms with E-state index in [2.05, 4.69) is 4.74 Å². The van der Waals surface area contributed by atoms with Gasteiger partial charge in [0.2, 0.25) is 0 Å². The SMILES string of the molecule is CCO.CCO.CCO.CCOC(=O)CC(C)=O.[Zr]. The van der Waals surface area contributed by atoms with Crippen LogP contribution in [0.5, 0.6) is 0 Å². The largest absolute Gasteiger partial charge is 0.466 e. The molecule has 116 valence electrons. The van der Waals surface area contributed by atoms with Crippen molar-refractivity contribution in [2.24, 2.45) is 0 Å². The zero-order chi connectivity index (χ0) is 15.4. The Labute approximate surface area is 135 Å². The molecule has 0 saturated heterocycles. The Morgan fingerprint density at radius 2 is 1.16 bits per heavy atom. The van der Waals surface area contributed by atoms with Crippen LogP contribution < -0.4 is 0 Å². The van der Waals surface area contributed by atoms with E-state index < -0.39 is 5.97 Å². The third kappa shape index (κ3) is 95.0. The number of Topliss-reactive ketones (excluding diaryl/α,β-unsaturated/α-hetero) is 1. The minimum absolute atomic E-state index is 0. The molecule has 3 N–H and O–H groups in total. The summed E-state index contributed by atoms with van der Waals surface area (Å²) in [4.78, 5) is 20.6. The number of esters is 1. The molecule has 0 atom stereocenters. The standard InChI is InChI=1S/C6H10O3.3C2H6O.Zr/c1-3-9-6(8)4-5(2)7;3*1-2-3;/h3-4H2,1-2H3;3*3H,2H2,1H3;. The van der Waals surface area contributed by atoms with Crippen LogP contribution in [0, 0.1) is 0 Å². The van der Waals surface area contributed by atoms with Crippen molar-refractivity contribution in [3.8, 4) is 0 Å². The maximum Gasteiger partial charge on any atom is 0.313 e. The molecule has 19 heavy (non-hydrogen) atoms. The third-order valence-corrected chi connectivity index (χ3v) is 0.699. The molecule has 7 heteroatoms. The van der Waals surface area contributed by atoms with Crippen molar-refractivity contribution in [3.05, 3.63) is 0 Å². The van der Waals surface area contributed by atoms with Crippen LogP contribution in [0.2, 0.25) is 0 Å². The van der Waals surface area contributed by atoms with Crippen LogP contribution in [0.1, 0.15) is 41.0 Å². The second kappa shape index (κ2) is 36.1. The van der Waals surface area contributed by atoms with Gasteiger partial charge in [0.15, 0.2) is 0 Å². The predicted octanol–water partition coefficient (Wildman–Crippen LogP) is 0.522. The van der Waals surface area contributed by atoms with E-state index in [9.17, 15) is 9.59 Å². The van der Waals surface area contributed by atoms with Crippen LogP contribution in [0.4, 0.5) is 0 Å². The number of ether oxygens (including phenoxy) is 1. The predicted molar refractivity (Wildman–Crippen MR) is 70.2 cm³/mol. The van der Waals surface area contributed by atoms with Crippen molar-refractivity contribution >= 4 is 11.8 Å². The van der Waals surface area contributed by atoms with Crippen LogP contribution in [-0.4, -0.2) is 53.5 Å². The van der Waals surface area contributed by atoms with Gasteiger partial charge in [-0.2, -0.15) is 0 Å². The average Bonchev–Trinajstić information content (AvgIpc) is 2.19. The Hall–Kier alpha value is -0.0969. The zero-order valence-corrected chi connectivity index (χ0v) is 15.1. The van der Waals surface area contributed by atoms with Crippen LogP contribution in [-0.2, 0) is 40.5 Å². The molecule has 0 unspecified atom stereocenters. The molecule has 0 aliphatic carbocycles. The average molecular weight is 360 g/mol. The summed E-state index contributed by atoms with van der Waals surface area (Å²) in [5.74, 6) is -0.599. The van der Waals surface area contributed by atoms with Crippen LogP contribution >= 0.6 is 0 Å². The number of carbonyl (C=O) groups is 2. The maximum atomic E-state index is 10.4. The summed E-state index contributed by atoms with van der Waals surface area (Å²) in [5, 5.41) is 22.7. The van der Waals surface area contributed by atoms with Gasteiger partial charge in [0.25, 0.3) is 0 Å². The maximum absolute atomic E-state index is 10.4. The number of rotatable bonds is 3. The second-order valence-corrected chi connectivity index (χ2v) is 2.63. The molecule has 0 rings (SSSR count). The van der Waals surface area contributed by atoms with Gasteiger partial charge in [0, 0.05) is 46.0 Å². The Bertz CT molecular complexity index is 160. The van der Waals surface area contributed by atoms with Gasteiger partial charge in [0.1, 0.15) is 12.2 Å². The van der Waals surface area contributed by atoms with E-state index in [0.717, 1.165) is 0 Å². The molecule has 0 aliphatic heterocycles. The molecule has 0 spiro atoms. The number of carbonyl (C=O) groups excluding carboxylic acids is 2. The van der Waals surface area contributed by atoms with E-state index in [4.69, 9.17) is 15.3 Å². The van der Waals surface area contributed by atoms with Gasteiger partial charge in [-0.25, -0.2) is 0 Å². The number of aliphatic hydroxyl groups is 3. The van der Waals surface area contributed by atoms with Crippen molar-refractivity contribution in [3.63, 3.8) is 0 Å². The second-order valence-electron chi connectivity index (χ2n) is 2.63. The first kappa shape index (κ1) is 31.3. The fourth-order valence-corrected chi connectivity index (χ4v) is 0.415. The van der Waals surface area contributed by atoms with Gasteiger partial charge < -0.3 is 20.1 Å². The van der Waals surface area contributed by atoms with Gasteiger partial charge in [-0.3, -0.25) is 9.59 Å². The number of hydrogen-bond donors (Lipinski definition) is 3. The fourth-order valence-electron chi connectivity index (χ4n) is 0.415. The van der Waals surface area contributed by atoms with Crippen LogP contribution in [0.15, 0.2) is 0 Å². The first-order valence-electron chi connectivity index (χ1n) is 5.89. The summed E-state index contributed by atoms with van der Waals surface area (Å²) in [6.45, 7) is 9.20. The molecular formula is C12H28O6Zr. The van der Waals surface area contributed by atoms with Gasteiger partial charge >= 0.3 is 5.97 Å². The van der Waals surface area contributed by atoms with E-state index in [1.807, 2.05) is 0 Å². The molecule has 0 fully saturated rings. The van der Waals surface area contributed by atoms with E-state index in [1.165, 1.54) is 6.92 Å². The Balaban J connectivity index is -0.0000000548. The van der Waals surface area contributed by atoms with E-state index in [0.29, 0.717) is 6.61 Å². The smallest absolute Gasteiger partial charge is 0.313 e. The Kier molecular flexibility index (Phi) is 59.6. The van der Waals surface area contributed by atoms with Crippen LogP contribution in [0.25, 0.3) is 0 Å².